The lowest BCUT2D eigenvalue weighted by atomic mass is 10.2. The number of fused-ring (bicyclic) bond motifs is 1. The predicted molar refractivity (Wildman–Crippen MR) is 61.3 cm³/mol. The number of H-pyrrole nitrogens is 2. The van der Waals surface area contributed by atoms with Crippen LogP contribution in [0.5, 0.6) is 0 Å². The molecule has 0 aliphatic carbocycles. The Hall–Kier alpha value is -0.920. The van der Waals surface area contributed by atoms with Gasteiger partial charge < -0.3 is 4.98 Å². The minimum atomic E-state index is -0.128. The zero-order valence-electron chi connectivity index (χ0n) is 7.76. The lowest BCUT2D eigenvalue weighted by Gasteiger charge is -2.02. The lowest BCUT2D eigenvalue weighted by Crippen LogP contribution is -2.12. The largest absolute Gasteiger partial charge is 0.310 e. The van der Waals surface area contributed by atoms with E-state index in [4.69, 9.17) is 0 Å². The topological polar surface area (TPSA) is 74.4 Å². The van der Waals surface area contributed by atoms with Gasteiger partial charge in [0.2, 0.25) is 0 Å². The lowest BCUT2D eigenvalue weighted by molar-refractivity contribution is 0.774. The van der Waals surface area contributed by atoms with Crippen molar-refractivity contribution in [1.82, 2.24) is 20.2 Å². The van der Waals surface area contributed by atoms with E-state index in [1.807, 2.05) is 36.4 Å². The number of halogens is 1. The zero-order chi connectivity index (χ0) is 10.3. The van der Waals surface area contributed by atoms with E-state index in [-0.39, 0.29) is 11.5 Å². The summed E-state index contributed by atoms with van der Waals surface area (Å²) in [5, 5.41) is 7.23. The standard InChI is InChI=1S/C8H9IN4O/c1-3(2)6-10-7-4(8(14)11-6)5(9)12-13-7/h3H,1-2H3,(H2,10,11,12,13,14). The molecule has 2 N–H and O–H groups in total. The molecule has 0 aliphatic heterocycles. The van der Waals surface area contributed by atoms with Crippen molar-refractivity contribution < 1.29 is 0 Å². The van der Waals surface area contributed by atoms with Gasteiger partial charge in [-0.2, -0.15) is 5.10 Å². The van der Waals surface area contributed by atoms with Crippen molar-refractivity contribution >= 4 is 33.6 Å². The summed E-state index contributed by atoms with van der Waals surface area (Å²) >= 11 is 2.03. The van der Waals surface area contributed by atoms with Gasteiger partial charge in [0.25, 0.3) is 5.56 Å². The molecule has 2 rings (SSSR count). The van der Waals surface area contributed by atoms with Crippen molar-refractivity contribution in [2.24, 2.45) is 0 Å². The van der Waals surface area contributed by atoms with E-state index in [0.29, 0.717) is 16.9 Å². The van der Waals surface area contributed by atoms with E-state index < -0.39 is 0 Å². The second kappa shape index (κ2) is 3.34. The number of rotatable bonds is 1. The van der Waals surface area contributed by atoms with Crippen molar-refractivity contribution in [3.63, 3.8) is 0 Å². The Morgan fingerprint density at radius 3 is 2.79 bits per heavy atom. The van der Waals surface area contributed by atoms with Gasteiger partial charge in [-0.1, -0.05) is 13.8 Å². The average Bonchev–Trinajstić information content (AvgIpc) is 2.48. The molecule has 5 nitrogen and oxygen atoms in total. The van der Waals surface area contributed by atoms with Crippen molar-refractivity contribution in [3.05, 3.63) is 19.9 Å². The Balaban J connectivity index is 2.81. The number of hydrogen-bond acceptors (Lipinski definition) is 3. The highest BCUT2D eigenvalue weighted by atomic mass is 127. The van der Waals surface area contributed by atoms with Gasteiger partial charge in [-0.3, -0.25) is 9.89 Å². The number of nitrogens with zero attached hydrogens (tertiary/aromatic N) is 2. The predicted octanol–water partition coefficient (Wildman–Crippen LogP) is 1.37. The molecular weight excluding hydrogens is 295 g/mol. The van der Waals surface area contributed by atoms with E-state index in [0.717, 1.165) is 3.70 Å². The molecule has 14 heavy (non-hydrogen) atoms. The smallest absolute Gasteiger partial charge is 0.263 e. The average molecular weight is 304 g/mol. The molecule has 0 unspecified atom stereocenters. The van der Waals surface area contributed by atoms with Gasteiger partial charge in [0.1, 0.15) is 14.9 Å². The van der Waals surface area contributed by atoms with Gasteiger partial charge in [0.05, 0.1) is 0 Å². The molecule has 0 atom stereocenters. The number of aromatic nitrogens is 4. The first-order chi connectivity index (χ1) is 6.59. The summed E-state index contributed by atoms with van der Waals surface area (Å²) in [6, 6.07) is 0. The van der Waals surface area contributed by atoms with Crippen LogP contribution in [-0.4, -0.2) is 20.2 Å². The molecular formula is C8H9IN4O. The number of hydrogen-bond donors (Lipinski definition) is 2. The maximum atomic E-state index is 11.6. The second-order valence-corrected chi connectivity index (χ2v) is 4.42. The molecule has 0 saturated heterocycles. The van der Waals surface area contributed by atoms with Gasteiger partial charge >= 0.3 is 0 Å². The Morgan fingerprint density at radius 1 is 1.43 bits per heavy atom. The molecule has 0 saturated carbocycles. The first kappa shape index (κ1) is 9.63. The highest BCUT2D eigenvalue weighted by molar-refractivity contribution is 14.1. The van der Waals surface area contributed by atoms with E-state index in [1.165, 1.54) is 0 Å². The summed E-state index contributed by atoms with van der Waals surface area (Å²) in [6.45, 7) is 3.95. The normalized spacial score (nSPS) is 11.4. The molecule has 2 aromatic heterocycles. The van der Waals surface area contributed by atoms with Gasteiger partial charge in [-0.05, 0) is 22.6 Å². The summed E-state index contributed by atoms with van der Waals surface area (Å²) in [5.41, 5.74) is 0.360. The van der Waals surface area contributed by atoms with Crippen LogP contribution in [0.1, 0.15) is 25.6 Å². The molecule has 0 aromatic carbocycles. The summed E-state index contributed by atoms with van der Waals surface area (Å²) in [6.07, 6.45) is 0. The van der Waals surface area contributed by atoms with Crippen molar-refractivity contribution in [2.75, 3.05) is 0 Å². The van der Waals surface area contributed by atoms with E-state index >= 15 is 0 Å². The minimum absolute atomic E-state index is 0.128. The summed E-state index contributed by atoms with van der Waals surface area (Å²) in [7, 11) is 0. The van der Waals surface area contributed by atoms with Crippen LogP contribution in [-0.2, 0) is 0 Å². The Bertz CT molecular complexity index is 528. The monoisotopic (exact) mass is 304 g/mol. The van der Waals surface area contributed by atoms with Gasteiger partial charge in [0.15, 0.2) is 5.65 Å². The van der Waals surface area contributed by atoms with Crippen LogP contribution in [0.25, 0.3) is 11.0 Å². The third kappa shape index (κ3) is 1.43. The Morgan fingerprint density at radius 2 is 2.14 bits per heavy atom. The van der Waals surface area contributed by atoms with Gasteiger partial charge in [0, 0.05) is 5.92 Å². The van der Waals surface area contributed by atoms with Crippen LogP contribution in [0.3, 0.4) is 0 Å². The molecule has 74 valence electrons. The number of nitrogens with one attached hydrogen (secondary N) is 2. The highest BCUT2D eigenvalue weighted by Gasteiger charge is 2.11. The van der Waals surface area contributed by atoms with Crippen LogP contribution in [0, 0.1) is 3.70 Å². The molecule has 0 fully saturated rings. The first-order valence-corrected chi connectivity index (χ1v) is 5.31. The van der Waals surface area contributed by atoms with Crippen LogP contribution in [0.2, 0.25) is 0 Å². The van der Waals surface area contributed by atoms with Crippen LogP contribution < -0.4 is 5.56 Å². The molecule has 0 spiro atoms. The fraction of sp³-hybridized carbons (Fsp3) is 0.375. The van der Waals surface area contributed by atoms with Gasteiger partial charge in [-0.25, -0.2) is 4.98 Å². The van der Waals surface area contributed by atoms with Crippen LogP contribution >= 0.6 is 22.6 Å². The fourth-order valence-electron chi connectivity index (χ4n) is 1.19. The molecule has 2 aromatic rings. The van der Waals surface area contributed by atoms with E-state index in [1.54, 1.807) is 0 Å². The molecule has 0 aliphatic rings. The van der Waals surface area contributed by atoms with Crippen molar-refractivity contribution in [2.45, 2.75) is 19.8 Å². The van der Waals surface area contributed by atoms with E-state index in [9.17, 15) is 4.79 Å². The number of aromatic amines is 2. The first-order valence-electron chi connectivity index (χ1n) is 4.23. The minimum Gasteiger partial charge on any atom is -0.310 e. The molecule has 0 amide bonds. The highest BCUT2D eigenvalue weighted by Crippen LogP contribution is 2.13. The summed E-state index contributed by atoms with van der Waals surface area (Å²) < 4.78 is 0.724. The van der Waals surface area contributed by atoms with Crippen molar-refractivity contribution in [3.8, 4) is 0 Å². The third-order valence-electron chi connectivity index (χ3n) is 1.94. The Kier molecular flexibility index (Phi) is 2.30. The maximum absolute atomic E-state index is 11.6. The Labute approximate surface area is 93.5 Å². The third-order valence-corrected chi connectivity index (χ3v) is 2.73. The van der Waals surface area contributed by atoms with Crippen molar-refractivity contribution in [1.29, 1.82) is 0 Å². The second-order valence-electron chi connectivity index (χ2n) is 3.34. The SMILES string of the molecule is CC(C)c1nc2n[nH]c(I)c2c(=O)[nH]1. The van der Waals surface area contributed by atoms with Gasteiger partial charge in [-0.15, -0.1) is 0 Å². The van der Waals surface area contributed by atoms with Crippen LogP contribution in [0.15, 0.2) is 4.79 Å². The van der Waals surface area contributed by atoms with Crippen LogP contribution in [0.4, 0.5) is 0 Å². The van der Waals surface area contributed by atoms with E-state index in [2.05, 4.69) is 20.2 Å². The summed E-state index contributed by atoms with van der Waals surface area (Å²) in [4.78, 5) is 18.6. The molecule has 6 heteroatoms. The molecule has 0 radical (unpaired) electrons. The maximum Gasteiger partial charge on any atom is 0.263 e. The fourth-order valence-corrected chi connectivity index (χ4v) is 1.80. The molecule has 2 heterocycles. The zero-order valence-corrected chi connectivity index (χ0v) is 9.92. The quantitative estimate of drug-likeness (QED) is 0.782. The molecule has 0 bridgehead atoms. The summed E-state index contributed by atoms with van der Waals surface area (Å²) in [5.74, 6) is 0.867.